The number of carboxylic acids is 1. The molecule has 0 aromatic carbocycles. The third-order valence-corrected chi connectivity index (χ3v) is 3.37. The van der Waals surface area contributed by atoms with Crippen LogP contribution in [0.3, 0.4) is 0 Å². The van der Waals surface area contributed by atoms with Crippen LogP contribution in [-0.2, 0) is 9.59 Å². The van der Waals surface area contributed by atoms with Crippen LogP contribution in [0.4, 0.5) is 0 Å². The van der Waals surface area contributed by atoms with Crippen molar-refractivity contribution in [3.8, 4) is 0 Å². The number of carboxylic acid groups (broad SMARTS) is 1. The van der Waals surface area contributed by atoms with Crippen molar-refractivity contribution in [1.29, 1.82) is 0 Å². The molecule has 0 amide bonds. The molecule has 2 fully saturated rings. The number of carbonyl (C=O) groups excluding carboxylic acids is 1. The predicted octanol–water partition coefficient (Wildman–Crippen LogP) is 1.22. The van der Waals surface area contributed by atoms with Gasteiger partial charge in [-0.1, -0.05) is 0 Å². The summed E-state index contributed by atoms with van der Waals surface area (Å²) in [6, 6.07) is 0. The molecule has 0 heterocycles. The van der Waals surface area contributed by atoms with Gasteiger partial charge in [0.25, 0.3) is 0 Å². The lowest BCUT2D eigenvalue weighted by molar-refractivity contribution is -0.150. The van der Waals surface area contributed by atoms with E-state index < -0.39 is 11.4 Å². The molecule has 2 atom stereocenters. The summed E-state index contributed by atoms with van der Waals surface area (Å²) >= 11 is 0. The quantitative estimate of drug-likeness (QED) is 0.640. The van der Waals surface area contributed by atoms with Gasteiger partial charge in [0.2, 0.25) is 0 Å². The lowest BCUT2D eigenvalue weighted by Gasteiger charge is -2.27. The molecule has 2 rings (SSSR count). The molecule has 3 nitrogen and oxygen atoms in total. The van der Waals surface area contributed by atoms with Gasteiger partial charge in [-0.2, -0.15) is 0 Å². The standard InChI is InChI=1S/C9H12O3/c10-7-2-4-9(8(11)12)3-1-6(7)5-9/h6H,1-5H2,(H,11,12). The lowest BCUT2D eigenvalue weighted by Crippen LogP contribution is -2.33. The summed E-state index contributed by atoms with van der Waals surface area (Å²) < 4.78 is 0. The Morgan fingerprint density at radius 1 is 1.50 bits per heavy atom. The topological polar surface area (TPSA) is 54.4 Å². The number of rotatable bonds is 1. The van der Waals surface area contributed by atoms with Crippen molar-refractivity contribution >= 4 is 11.8 Å². The molecule has 2 saturated carbocycles. The van der Waals surface area contributed by atoms with Crippen molar-refractivity contribution in [3.05, 3.63) is 0 Å². The molecular formula is C9H12O3. The average Bonchev–Trinajstić information content (AvgIpc) is 2.40. The minimum atomic E-state index is -0.697. The molecule has 66 valence electrons. The number of fused-ring (bicyclic) bond motifs is 2. The van der Waals surface area contributed by atoms with Crippen LogP contribution in [0.25, 0.3) is 0 Å². The smallest absolute Gasteiger partial charge is 0.309 e. The minimum Gasteiger partial charge on any atom is -0.481 e. The van der Waals surface area contributed by atoms with E-state index in [9.17, 15) is 9.59 Å². The zero-order valence-electron chi connectivity index (χ0n) is 6.88. The van der Waals surface area contributed by atoms with Gasteiger partial charge in [-0.3, -0.25) is 9.59 Å². The van der Waals surface area contributed by atoms with Crippen LogP contribution < -0.4 is 0 Å². The van der Waals surface area contributed by atoms with Gasteiger partial charge < -0.3 is 5.11 Å². The van der Waals surface area contributed by atoms with E-state index >= 15 is 0 Å². The summed E-state index contributed by atoms with van der Waals surface area (Å²) in [6.45, 7) is 0. The molecule has 2 aliphatic rings. The van der Waals surface area contributed by atoms with Gasteiger partial charge in [-0.05, 0) is 25.7 Å². The Hall–Kier alpha value is -0.860. The third-order valence-electron chi connectivity index (χ3n) is 3.37. The molecule has 2 aliphatic carbocycles. The van der Waals surface area contributed by atoms with E-state index in [1.165, 1.54) is 0 Å². The summed E-state index contributed by atoms with van der Waals surface area (Å²) in [4.78, 5) is 22.2. The van der Waals surface area contributed by atoms with Gasteiger partial charge in [-0.25, -0.2) is 0 Å². The zero-order valence-corrected chi connectivity index (χ0v) is 6.88. The number of aliphatic carboxylic acids is 1. The van der Waals surface area contributed by atoms with Crippen molar-refractivity contribution in [2.24, 2.45) is 11.3 Å². The van der Waals surface area contributed by atoms with Crippen LogP contribution in [0.2, 0.25) is 0 Å². The maximum Gasteiger partial charge on any atom is 0.309 e. The minimum absolute atomic E-state index is 0.0647. The Morgan fingerprint density at radius 3 is 2.92 bits per heavy atom. The second-order valence-electron chi connectivity index (χ2n) is 3.99. The maximum atomic E-state index is 11.2. The molecule has 0 aromatic heterocycles. The number of hydrogen-bond donors (Lipinski definition) is 1. The highest BCUT2D eigenvalue weighted by Crippen LogP contribution is 2.49. The Balaban J connectivity index is 2.24. The molecule has 0 spiro atoms. The van der Waals surface area contributed by atoms with Gasteiger partial charge in [0.1, 0.15) is 5.78 Å². The highest BCUT2D eigenvalue weighted by Gasteiger charge is 2.50. The van der Waals surface area contributed by atoms with Crippen molar-refractivity contribution in [2.75, 3.05) is 0 Å². The fraction of sp³-hybridized carbons (Fsp3) is 0.778. The monoisotopic (exact) mass is 168 g/mol. The predicted molar refractivity (Wildman–Crippen MR) is 41.7 cm³/mol. The Bertz CT molecular complexity index is 246. The largest absolute Gasteiger partial charge is 0.481 e. The Kier molecular flexibility index (Phi) is 1.50. The molecule has 0 aromatic rings. The van der Waals surface area contributed by atoms with Gasteiger partial charge in [-0.15, -0.1) is 0 Å². The van der Waals surface area contributed by atoms with Gasteiger partial charge in [0.05, 0.1) is 5.41 Å². The van der Waals surface area contributed by atoms with E-state index in [0.717, 1.165) is 6.42 Å². The molecule has 0 aliphatic heterocycles. The molecule has 0 saturated heterocycles. The van der Waals surface area contributed by atoms with Crippen LogP contribution in [0.5, 0.6) is 0 Å². The third kappa shape index (κ3) is 0.886. The number of carbonyl (C=O) groups is 2. The van der Waals surface area contributed by atoms with Crippen LogP contribution >= 0.6 is 0 Å². The fourth-order valence-corrected chi connectivity index (χ4v) is 2.50. The SMILES string of the molecule is O=C1CCC2(C(=O)O)CCC1C2. The molecule has 3 heteroatoms. The first kappa shape index (κ1) is 7.77. The molecule has 2 unspecified atom stereocenters. The summed E-state index contributed by atoms with van der Waals surface area (Å²) in [6.07, 6.45) is 3.15. The Morgan fingerprint density at radius 2 is 2.25 bits per heavy atom. The van der Waals surface area contributed by atoms with E-state index in [1.807, 2.05) is 0 Å². The van der Waals surface area contributed by atoms with E-state index in [1.54, 1.807) is 0 Å². The van der Waals surface area contributed by atoms with Crippen molar-refractivity contribution < 1.29 is 14.7 Å². The highest BCUT2D eigenvalue weighted by molar-refractivity contribution is 5.87. The Labute approximate surface area is 70.8 Å². The van der Waals surface area contributed by atoms with Crippen molar-refractivity contribution in [3.63, 3.8) is 0 Å². The highest BCUT2D eigenvalue weighted by atomic mass is 16.4. The van der Waals surface area contributed by atoms with Crippen LogP contribution in [0.1, 0.15) is 32.1 Å². The average molecular weight is 168 g/mol. The first-order valence-corrected chi connectivity index (χ1v) is 4.40. The summed E-state index contributed by atoms with van der Waals surface area (Å²) in [5, 5.41) is 8.99. The van der Waals surface area contributed by atoms with E-state index in [4.69, 9.17) is 5.11 Å². The zero-order chi connectivity index (χ0) is 8.77. The van der Waals surface area contributed by atoms with Crippen LogP contribution in [0.15, 0.2) is 0 Å². The number of Topliss-reactive ketones (excluding diaryl/α,β-unsaturated/α-hetero) is 1. The van der Waals surface area contributed by atoms with Crippen LogP contribution in [-0.4, -0.2) is 16.9 Å². The summed E-state index contributed by atoms with van der Waals surface area (Å²) in [7, 11) is 0. The van der Waals surface area contributed by atoms with Gasteiger partial charge in [0.15, 0.2) is 0 Å². The second-order valence-corrected chi connectivity index (χ2v) is 3.99. The first-order valence-electron chi connectivity index (χ1n) is 4.40. The molecular weight excluding hydrogens is 156 g/mol. The molecule has 2 bridgehead atoms. The fourth-order valence-electron chi connectivity index (χ4n) is 2.50. The van der Waals surface area contributed by atoms with Crippen molar-refractivity contribution in [1.82, 2.24) is 0 Å². The van der Waals surface area contributed by atoms with Gasteiger partial charge in [0, 0.05) is 12.3 Å². The summed E-state index contributed by atoms with van der Waals surface area (Å²) in [5.74, 6) is -0.350. The number of ketones is 1. The van der Waals surface area contributed by atoms with E-state index in [2.05, 4.69) is 0 Å². The first-order chi connectivity index (χ1) is 5.64. The van der Waals surface area contributed by atoms with Gasteiger partial charge >= 0.3 is 5.97 Å². The van der Waals surface area contributed by atoms with E-state index in [-0.39, 0.29) is 11.7 Å². The maximum absolute atomic E-state index is 11.2. The molecule has 1 N–H and O–H groups in total. The van der Waals surface area contributed by atoms with Crippen LogP contribution in [0, 0.1) is 11.3 Å². The molecule has 12 heavy (non-hydrogen) atoms. The normalized spacial score (nSPS) is 40.0. The lowest BCUT2D eigenvalue weighted by atomic mass is 9.75. The number of hydrogen-bond acceptors (Lipinski definition) is 2. The second kappa shape index (κ2) is 2.31. The van der Waals surface area contributed by atoms with E-state index in [0.29, 0.717) is 25.7 Å². The summed E-state index contributed by atoms with van der Waals surface area (Å²) in [5.41, 5.74) is -0.529. The molecule has 0 radical (unpaired) electrons. The van der Waals surface area contributed by atoms with Crippen molar-refractivity contribution in [2.45, 2.75) is 32.1 Å².